The van der Waals surface area contributed by atoms with Crippen molar-refractivity contribution in [3.8, 4) is 0 Å². The van der Waals surface area contributed by atoms with E-state index in [0.29, 0.717) is 17.5 Å². The highest BCUT2D eigenvalue weighted by Gasteiger charge is 2.25. The van der Waals surface area contributed by atoms with Gasteiger partial charge in [0.15, 0.2) is 5.96 Å². The standard InChI is InChI=1S/C19H23ClN6O2/c1-2-21-19(23-12-14-5-3-6-16(11-14)26(27)28)24-15-8-10-25(13-15)18-17(20)7-4-9-22-18/h3-7,9,11,15H,2,8,10,12-13H2,1H3,(H2,21,23,24). The Hall–Kier alpha value is -2.87. The smallest absolute Gasteiger partial charge is 0.269 e. The molecule has 1 aromatic heterocycles. The van der Waals surface area contributed by atoms with Gasteiger partial charge in [0.1, 0.15) is 5.82 Å². The van der Waals surface area contributed by atoms with Crippen LogP contribution in [0.2, 0.25) is 5.02 Å². The third-order valence-electron chi connectivity index (χ3n) is 4.45. The van der Waals surface area contributed by atoms with Gasteiger partial charge in [-0.2, -0.15) is 0 Å². The van der Waals surface area contributed by atoms with Crippen molar-refractivity contribution >= 4 is 29.1 Å². The average Bonchev–Trinajstić information content (AvgIpc) is 3.15. The van der Waals surface area contributed by atoms with Crippen LogP contribution in [0.3, 0.4) is 0 Å². The summed E-state index contributed by atoms with van der Waals surface area (Å²) >= 11 is 6.25. The number of hydrogen-bond donors (Lipinski definition) is 2. The first kappa shape index (κ1) is 19.9. The minimum Gasteiger partial charge on any atom is -0.357 e. The Morgan fingerprint density at radius 2 is 2.29 bits per heavy atom. The molecule has 0 bridgehead atoms. The molecule has 2 N–H and O–H groups in total. The topological polar surface area (TPSA) is 95.7 Å². The van der Waals surface area contributed by atoms with Crippen molar-refractivity contribution in [1.82, 2.24) is 15.6 Å². The van der Waals surface area contributed by atoms with Crippen LogP contribution in [0, 0.1) is 10.1 Å². The summed E-state index contributed by atoms with van der Waals surface area (Å²) in [5.41, 5.74) is 0.865. The summed E-state index contributed by atoms with van der Waals surface area (Å²) in [6.45, 7) is 4.72. The minimum absolute atomic E-state index is 0.0735. The number of aliphatic imine (C=N–C) groups is 1. The van der Waals surface area contributed by atoms with Crippen molar-refractivity contribution < 1.29 is 4.92 Å². The molecule has 9 heteroatoms. The highest BCUT2D eigenvalue weighted by molar-refractivity contribution is 6.32. The first-order chi connectivity index (χ1) is 13.6. The second kappa shape index (κ2) is 9.36. The Morgan fingerprint density at radius 1 is 1.43 bits per heavy atom. The molecule has 0 amide bonds. The fourth-order valence-corrected chi connectivity index (χ4v) is 3.37. The van der Waals surface area contributed by atoms with Gasteiger partial charge in [0.25, 0.3) is 5.69 Å². The van der Waals surface area contributed by atoms with E-state index in [-0.39, 0.29) is 11.7 Å². The monoisotopic (exact) mass is 402 g/mol. The van der Waals surface area contributed by atoms with Crippen molar-refractivity contribution in [3.05, 3.63) is 63.3 Å². The lowest BCUT2D eigenvalue weighted by molar-refractivity contribution is -0.384. The number of nitro benzene ring substituents is 1. The molecule has 1 unspecified atom stereocenters. The van der Waals surface area contributed by atoms with Gasteiger partial charge in [0, 0.05) is 44.0 Å². The molecule has 0 radical (unpaired) electrons. The first-order valence-electron chi connectivity index (χ1n) is 9.20. The molecule has 8 nitrogen and oxygen atoms in total. The fourth-order valence-electron chi connectivity index (χ4n) is 3.13. The summed E-state index contributed by atoms with van der Waals surface area (Å²) in [6.07, 6.45) is 2.68. The van der Waals surface area contributed by atoms with Crippen molar-refractivity contribution in [2.24, 2.45) is 4.99 Å². The maximum atomic E-state index is 10.9. The van der Waals surface area contributed by atoms with E-state index in [2.05, 4.69) is 25.5 Å². The van der Waals surface area contributed by atoms with Gasteiger partial charge in [-0.25, -0.2) is 9.98 Å². The lowest BCUT2D eigenvalue weighted by Gasteiger charge is -2.20. The zero-order valence-electron chi connectivity index (χ0n) is 15.6. The molecule has 2 heterocycles. The molecule has 1 aromatic carbocycles. The third kappa shape index (κ3) is 5.10. The maximum Gasteiger partial charge on any atom is 0.269 e. The normalized spacial score (nSPS) is 16.9. The van der Waals surface area contributed by atoms with Gasteiger partial charge in [-0.1, -0.05) is 23.7 Å². The van der Waals surface area contributed by atoms with Crippen LogP contribution in [-0.2, 0) is 6.54 Å². The van der Waals surface area contributed by atoms with E-state index < -0.39 is 4.92 Å². The Kier molecular flexibility index (Phi) is 6.65. The van der Waals surface area contributed by atoms with Crippen LogP contribution in [0.4, 0.5) is 11.5 Å². The van der Waals surface area contributed by atoms with Crippen molar-refractivity contribution in [2.75, 3.05) is 24.5 Å². The molecule has 1 fully saturated rings. The van der Waals surface area contributed by atoms with E-state index in [1.54, 1.807) is 18.3 Å². The molecular weight excluding hydrogens is 380 g/mol. The van der Waals surface area contributed by atoms with E-state index in [4.69, 9.17) is 11.6 Å². The van der Waals surface area contributed by atoms with E-state index in [1.165, 1.54) is 6.07 Å². The molecule has 0 spiro atoms. The predicted octanol–water partition coefficient (Wildman–Crippen LogP) is 2.98. The number of hydrogen-bond acceptors (Lipinski definition) is 5. The molecule has 148 valence electrons. The summed E-state index contributed by atoms with van der Waals surface area (Å²) in [5, 5.41) is 18.2. The Bertz CT molecular complexity index is 860. The van der Waals surface area contributed by atoms with Crippen LogP contribution in [0.25, 0.3) is 0 Å². The van der Waals surface area contributed by atoms with E-state index in [1.807, 2.05) is 25.1 Å². The molecular formula is C19H23ClN6O2. The number of nitro groups is 1. The highest BCUT2D eigenvalue weighted by Crippen LogP contribution is 2.25. The highest BCUT2D eigenvalue weighted by atomic mass is 35.5. The number of anilines is 1. The van der Waals surface area contributed by atoms with Gasteiger partial charge < -0.3 is 15.5 Å². The molecule has 0 saturated carbocycles. The van der Waals surface area contributed by atoms with Gasteiger partial charge >= 0.3 is 0 Å². The minimum atomic E-state index is -0.396. The van der Waals surface area contributed by atoms with Gasteiger partial charge in [0.2, 0.25) is 0 Å². The van der Waals surface area contributed by atoms with Gasteiger partial charge in [-0.05, 0) is 31.0 Å². The number of aromatic nitrogens is 1. The van der Waals surface area contributed by atoms with E-state index in [0.717, 1.165) is 37.4 Å². The number of guanidine groups is 1. The van der Waals surface area contributed by atoms with Crippen LogP contribution >= 0.6 is 11.6 Å². The zero-order valence-corrected chi connectivity index (χ0v) is 16.4. The average molecular weight is 403 g/mol. The fraction of sp³-hybridized carbons (Fsp3) is 0.368. The van der Waals surface area contributed by atoms with Crippen LogP contribution in [0.5, 0.6) is 0 Å². The lowest BCUT2D eigenvalue weighted by Crippen LogP contribution is -2.44. The summed E-state index contributed by atoms with van der Waals surface area (Å²) in [5.74, 6) is 1.49. The van der Waals surface area contributed by atoms with Gasteiger partial charge in [-0.3, -0.25) is 10.1 Å². The van der Waals surface area contributed by atoms with Crippen molar-refractivity contribution in [3.63, 3.8) is 0 Å². The van der Waals surface area contributed by atoms with Crippen LogP contribution in [0.1, 0.15) is 18.9 Å². The lowest BCUT2D eigenvalue weighted by atomic mass is 10.2. The first-order valence-corrected chi connectivity index (χ1v) is 9.58. The second-order valence-electron chi connectivity index (χ2n) is 6.51. The van der Waals surface area contributed by atoms with E-state index >= 15 is 0 Å². The van der Waals surface area contributed by atoms with Gasteiger partial charge in [-0.15, -0.1) is 0 Å². The molecule has 0 aliphatic carbocycles. The number of pyridine rings is 1. The quantitative estimate of drug-likeness (QED) is 0.334. The molecule has 1 aliphatic rings. The predicted molar refractivity (Wildman–Crippen MR) is 111 cm³/mol. The Balaban J connectivity index is 1.63. The third-order valence-corrected chi connectivity index (χ3v) is 4.75. The van der Waals surface area contributed by atoms with Crippen LogP contribution < -0.4 is 15.5 Å². The number of nitrogens with zero attached hydrogens (tertiary/aromatic N) is 4. The van der Waals surface area contributed by atoms with Crippen LogP contribution in [0.15, 0.2) is 47.6 Å². The molecule has 3 rings (SSSR count). The second-order valence-corrected chi connectivity index (χ2v) is 6.91. The van der Waals surface area contributed by atoms with E-state index in [9.17, 15) is 10.1 Å². The van der Waals surface area contributed by atoms with Crippen LogP contribution in [-0.4, -0.2) is 41.5 Å². The summed E-state index contributed by atoms with van der Waals surface area (Å²) < 4.78 is 0. The number of nitrogens with one attached hydrogen (secondary N) is 2. The summed E-state index contributed by atoms with van der Waals surface area (Å²) in [7, 11) is 0. The Labute approximate surface area is 168 Å². The largest absolute Gasteiger partial charge is 0.357 e. The van der Waals surface area contributed by atoms with Gasteiger partial charge in [0.05, 0.1) is 16.5 Å². The zero-order chi connectivity index (χ0) is 19.9. The number of benzene rings is 1. The van der Waals surface area contributed by atoms with Crippen molar-refractivity contribution in [2.45, 2.75) is 25.9 Å². The molecule has 28 heavy (non-hydrogen) atoms. The number of non-ortho nitro benzene ring substituents is 1. The molecule has 1 aliphatic heterocycles. The summed E-state index contributed by atoms with van der Waals surface area (Å²) in [4.78, 5) is 21.6. The molecule has 2 aromatic rings. The SMILES string of the molecule is CCNC(=NCc1cccc([N+](=O)[O-])c1)NC1CCN(c2ncccc2Cl)C1. The number of halogens is 1. The molecule has 1 saturated heterocycles. The maximum absolute atomic E-state index is 10.9. The molecule has 1 atom stereocenters. The summed E-state index contributed by atoms with van der Waals surface area (Å²) in [6, 6.07) is 10.4. The number of rotatable bonds is 6. The Morgan fingerprint density at radius 3 is 3.04 bits per heavy atom. The van der Waals surface area contributed by atoms with Crippen molar-refractivity contribution in [1.29, 1.82) is 0 Å².